The third-order valence-corrected chi connectivity index (χ3v) is 14.4. The zero-order valence-corrected chi connectivity index (χ0v) is 45.4. The summed E-state index contributed by atoms with van der Waals surface area (Å²) in [5, 5.41) is 43.6. The van der Waals surface area contributed by atoms with Crippen LogP contribution in [0, 0.1) is 0 Å². The predicted molar refractivity (Wildman–Crippen MR) is 312 cm³/mol. The van der Waals surface area contributed by atoms with E-state index in [1.165, 1.54) is 28.4 Å². The fourth-order valence-electron chi connectivity index (χ4n) is 10.3. The molecule has 6 N–H and O–H groups in total. The van der Waals surface area contributed by atoms with Gasteiger partial charge in [0.15, 0.2) is 34.8 Å². The molecule has 0 aliphatic carbocycles. The van der Waals surface area contributed by atoms with Gasteiger partial charge in [-0.3, -0.25) is 0 Å². The summed E-state index contributed by atoms with van der Waals surface area (Å²) < 4.78 is 51.8. The molecule has 20 heteroatoms. The van der Waals surface area contributed by atoms with Crippen molar-refractivity contribution in [3.63, 3.8) is 0 Å². The van der Waals surface area contributed by atoms with Crippen molar-refractivity contribution < 1.29 is 58.3 Å². The number of hydrogen-bond acceptors (Lipinski definition) is 18. The van der Waals surface area contributed by atoms with Gasteiger partial charge in [-0.2, -0.15) is 0 Å². The zero-order valence-electron chi connectivity index (χ0n) is 45.4. The number of rotatable bonds is 16. The molecule has 84 heavy (non-hydrogen) atoms. The van der Waals surface area contributed by atoms with E-state index < -0.39 is 0 Å². The molecule has 0 saturated carbocycles. The molecule has 13 rings (SSSR count). The standard InChI is InChI=1S/C64H50N8O12/c1-77-47-25-37(21-17-33(47)29-73)81-53-51-52(54(82-38-22-18-34(30-74)48(26-38)78-2)56(84-40-24-20-36(32-76)50(28-40)80-4)55(53)83-39-23-19-35(31-75)49(27-39)79-3)64-71-62-46-16-10-8-14-44(46)60(69-62)67-58-42-12-6-5-11-41(42)57(65-58)66-59-43-13-7-9-15-45(43)61(68-59)70-63(51)72-64/h5-28,73-76H,29-32H2,1-4H3,(H2,65,66,67,68,69,70,71,72). The maximum Gasteiger partial charge on any atom is 0.217 e. The van der Waals surface area contributed by atoms with Gasteiger partial charge in [0.25, 0.3) is 0 Å². The Kier molecular flexibility index (Phi) is 13.8. The van der Waals surface area contributed by atoms with Crippen LogP contribution in [0.2, 0.25) is 0 Å². The number of aromatic amines is 2. The second-order valence-corrected chi connectivity index (χ2v) is 19.2. The zero-order chi connectivity index (χ0) is 57.6. The minimum Gasteiger partial charge on any atom is -0.496 e. The van der Waals surface area contributed by atoms with Gasteiger partial charge in [-0.05, 0) is 48.5 Å². The van der Waals surface area contributed by atoms with E-state index in [0.717, 1.165) is 10.8 Å². The molecule has 2 aliphatic heterocycles. The lowest BCUT2D eigenvalue weighted by molar-refractivity contribution is 0.272. The van der Waals surface area contributed by atoms with E-state index in [2.05, 4.69) is 9.97 Å². The van der Waals surface area contributed by atoms with E-state index in [9.17, 15) is 20.4 Å². The highest BCUT2D eigenvalue weighted by atomic mass is 16.6. The lowest BCUT2D eigenvalue weighted by atomic mass is 10.1. The quantitative estimate of drug-likeness (QED) is 0.0525. The van der Waals surface area contributed by atoms with Crippen LogP contribution in [-0.2, 0) is 26.4 Å². The fourth-order valence-corrected chi connectivity index (χ4v) is 10.3. The number of aliphatic hydroxyl groups excluding tert-OH is 4. The van der Waals surface area contributed by atoms with E-state index >= 15 is 0 Å². The molecule has 20 nitrogen and oxygen atoms in total. The first-order valence-electron chi connectivity index (χ1n) is 26.4. The van der Waals surface area contributed by atoms with Crippen LogP contribution in [0.15, 0.2) is 146 Å². The van der Waals surface area contributed by atoms with Crippen molar-refractivity contribution >= 4 is 44.1 Å². The first-order valence-corrected chi connectivity index (χ1v) is 26.4. The highest BCUT2D eigenvalue weighted by molar-refractivity contribution is 6.15. The number of methoxy groups -OCH3 is 4. The number of nitrogens with one attached hydrogen (secondary N) is 2. The van der Waals surface area contributed by atoms with Gasteiger partial charge < -0.3 is 68.3 Å². The number of aliphatic hydroxyl groups is 4. The van der Waals surface area contributed by atoms with Crippen LogP contribution in [-0.4, -0.2) is 88.7 Å². The summed E-state index contributed by atoms with van der Waals surface area (Å²) in [6.45, 7) is -1.34. The number of fused-ring (bicyclic) bond motifs is 20. The lowest BCUT2D eigenvalue weighted by Gasteiger charge is -2.22. The molecule has 8 aromatic carbocycles. The van der Waals surface area contributed by atoms with Crippen molar-refractivity contribution in [3.05, 3.63) is 168 Å². The topological polar surface area (TPSA) is 264 Å². The Bertz CT molecular complexity index is 4320. The summed E-state index contributed by atoms with van der Waals surface area (Å²) in [6.07, 6.45) is 0. The predicted octanol–water partition coefficient (Wildman–Crippen LogP) is 12.0. The number of aromatic nitrogens is 8. The molecule has 5 heterocycles. The Balaban J connectivity index is 1.25. The van der Waals surface area contributed by atoms with Crippen LogP contribution in [0.1, 0.15) is 22.3 Å². The van der Waals surface area contributed by atoms with Gasteiger partial charge in [-0.25, -0.2) is 29.9 Å². The largest absolute Gasteiger partial charge is 0.496 e. The Morgan fingerprint density at radius 3 is 0.893 bits per heavy atom. The minimum atomic E-state index is -0.336. The van der Waals surface area contributed by atoms with Crippen LogP contribution in [0.5, 0.6) is 69.0 Å². The Morgan fingerprint density at radius 2 is 0.595 bits per heavy atom. The van der Waals surface area contributed by atoms with Gasteiger partial charge in [0, 0.05) is 79.5 Å². The summed E-state index contributed by atoms with van der Waals surface area (Å²) in [5.74, 6) is 3.13. The molecular formula is C64H50N8O12. The molecule has 3 aromatic heterocycles. The highest BCUT2D eigenvalue weighted by Gasteiger charge is 2.33. The molecule has 0 fully saturated rings. The normalized spacial score (nSPS) is 11.5. The van der Waals surface area contributed by atoms with Crippen LogP contribution in [0.4, 0.5) is 0 Å². The Hall–Kier alpha value is -10.6. The van der Waals surface area contributed by atoms with Crippen molar-refractivity contribution in [1.82, 2.24) is 39.9 Å². The highest BCUT2D eigenvalue weighted by Crippen LogP contribution is 2.58. The van der Waals surface area contributed by atoms with Crippen molar-refractivity contribution in [2.45, 2.75) is 26.4 Å². The van der Waals surface area contributed by atoms with Gasteiger partial charge >= 0.3 is 0 Å². The number of nitrogens with zero attached hydrogens (tertiary/aromatic N) is 6. The average molecular weight is 1120 g/mol. The SMILES string of the molecule is COc1cc(Oc2c(Oc3ccc(CO)c(OC)c3)c(Oc3ccc(CO)c(OC)c3)c3c4nc5nc(nc6[nH]c(nc7nc(nc([nH]4)c3c2Oc2ccc(CO)c(OC)c2)-c2ccccc2-7)c2ccccc62)-c2ccccc2-5)ccc1CO. The van der Waals surface area contributed by atoms with Gasteiger partial charge in [0.1, 0.15) is 68.6 Å². The van der Waals surface area contributed by atoms with E-state index in [-0.39, 0.29) is 106 Å². The van der Waals surface area contributed by atoms with Crippen molar-refractivity contribution in [2.75, 3.05) is 28.4 Å². The molecule has 11 aromatic rings. The van der Waals surface area contributed by atoms with E-state index in [4.69, 9.17) is 67.8 Å². The summed E-state index contributed by atoms with van der Waals surface area (Å²) in [4.78, 5) is 38.5. The summed E-state index contributed by atoms with van der Waals surface area (Å²) >= 11 is 0. The molecule has 0 unspecified atom stereocenters. The van der Waals surface area contributed by atoms with Crippen LogP contribution in [0.25, 0.3) is 89.7 Å². The molecule has 0 saturated heterocycles. The first-order chi connectivity index (χ1) is 41.2. The molecule has 2 aliphatic rings. The molecule has 8 bridgehead atoms. The maximum absolute atomic E-state index is 10.4. The molecule has 0 amide bonds. The summed E-state index contributed by atoms with van der Waals surface area (Å²) in [6, 6.07) is 42.8. The van der Waals surface area contributed by atoms with E-state index in [1.54, 1.807) is 72.8 Å². The monoisotopic (exact) mass is 1120 g/mol. The molecule has 418 valence electrons. The van der Waals surface area contributed by atoms with E-state index in [0.29, 0.717) is 90.4 Å². The first kappa shape index (κ1) is 52.7. The fraction of sp³-hybridized carbons (Fsp3) is 0.125. The van der Waals surface area contributed by atoms with Crippen LogP contribution < -0.4 is 37.9 Å². The number of benzene rings is 8. The van der Waals surface area contributed by atoms with Gasteiger partial charge in [0.2, 0.25) is 11.5 Å². The van der Waals surface area contributed by atoms with Gasteiger partial charge in [-0.1, -0.05) is 72.8 Å². The molecular weight excluding hydrogens is 1070 g/mol. The molecule has 0 radical (unpaired) electrons. The van der Waals surface area contributed by atoms with E-state index in [1.807, 2.05) is 72.8 Å². The van der Waals surface area contributed by atoms with Crippen LogP contribution >= 0.6 is 0 Å². The Labute approximate surface area is 477 Å². The minimum absolute atomic E-state index is 0.0141. The molecule has 0 spiro atoms. The van der Waals surface area contributed by atoms with Gasteiger partial charge in [0.05, 0.1) is 65.6 Å². The smallest absolute Gasteiger partial charge is 0.217 e. The Morgan fingerprint density at radius 1 is 0.321 bits per heavy atom. The van der Waals surface area contributed by atoms with Gasteiger partial charge in [-0.15, -0.1) is 0 Å². The average Bonchev–Trinajstić information content (AvgIpc) is 3.96. The molecule has 0 atom stereocenters. The second kappa shape index (κ2) is 22.0. The summed E-state index contributed by atoms with van der Waals surface area (Å²) in [5.41, 5.74) is 5.96. The number of ether oxygens (including phenoxy) is 8. The third-order valence-electron chi connectivity index (χ3n) is 14.4. The van der Waals surface area contributed by atoms with Crippen molar-refractivity contribution in [2.24, 2.45) is 0 Å². The van der Waals surface area contributed by atoms with Crippen molar-refractivity contribution in [1.29, 1.82) is 0 Å². The number of H-pyrrole nitrogens is 2. The third kappa shape index (κ3) is 9.35. The van der Waals surface area contributed by atoms with Crippen LogP contribution in [0.3, 0.4) is 0 Å². The maximum atomic E-state index is 10.4. The lowest BCUT2D eigenvalue weighted by Crippen LogP contribution is -2.01. The number of hydrogen-bond donors (Lipinski definition) is 6. The second-order valence-electron chi connectivity index (χ2n) is 19.2. The van der Waals surface area contributed by atoms with Crippen molar-refractivity contribution in [3.8, 4) is 115 Å². The summed E-state index contributed by atoms with van der Waals surface area (Å²) in [7, 11) is 5.92.